The topological polar surface area (TPSA) is 12.0 Å². The van der Waals surface area contributed by atoms with Crippen LogP contribution in [0.4, 0.5) is 4.39 Å². The van der Waals surface area contributed by atoms with Crippen molar-refractivity contribution < 1.29 is 4.39 Å². The van der Waals surface area contributed by atoms with Gasteiger partial charge in [0, 0.05) is 4.88 Å². The lowest BCUT2D eigenvalue weighted by molar-refractivity contribution is 0.579. The standard InChI is InChI=1S/C15H17BrFNS/c1-3-8-18-15(11-7-9-19-10(11)2)12-5-4-6-13(17)14(12)16/h4-7,9,15,18H,3,8H2,1-2H3. The van der Waals surface area contributed by atoms with Crippen molar-refractivity contribution in [3.05, 3.63) is 55.9 Å². The van der Waals surface area contributed by atoms with Crippen LogP contribution in [-0.4, -0.2) is 6.54 Å². The van der Waals surface area contributed by atoms with E-state index in [0.717, 1.165) is 18.5 Å². The zero-order valence-corrected chi connectivity index (χ0v) is 13.4. The maximum atomic E-state index is 13.7. The molecule has 2 rings (SSSR count). The van der Waals surface area contributed by atoms with E-state index in [2.05, 4.69) is 46.5 Å². The Labute approximate surface area is 126 Å². The van der Waals surface area contributed by atoms with Gasteiger partial charge in [-0.3, -0.25) is 0 Å². The Hall–Kier alpha value is -0.710. The van der Waals surface area contributed by atoms with Crippen LogP contribution in [0.15, 0.2) is 34.1 Å². The average molecular weight is 342 g/mol. The normalized spacial score (nSPS) is 12.6. The van der Waals surface area contributed by atoms with E-state index in [0.29, 0.717) is 4.47 Å². The van der Waals surface area contributed by atoms with E-state index in [4.69, 9.17) is 0 Å². The molecule has 1 aromatic heterocycles. The molecule has 0 saturated carbocycles. The Morgan fingerprint density at radius 1 is 1.32 bits per heavy atom. The fourth-order valence-electron chi connectivity index (χ4n) is 2.11. The number of halogens is 2. The molecule has 0 aliphatic rings. The molecule has 4 heteroatoms. The molecule has 19 heavy (non-hydrogen) atoms. The maximum Gasteiger partial charge on any atom is 0.137 e. The number of hydrogen-bond acceptors (Lipinski definition) is 2. The van der Waals surface area contributed by atoms with E-state index in [1.54, 1.807) is 17.4 Å². The molecule has 1 atom stereocenters. The second kappa shape index (κ2) is 6.64. The second-order valence-corrected chi connectivity index (χ2v) is 6.38. The molecule has 102 valence electrons. The summed E-state index contributed by atoms with van der Waals surface area (Å²) in [5.41, 5.74) is 2.18. The fraction of sp³-hybridized carbons (Fsp3) is 0.333. The van der Waals surface area contributed by atoms with E-state index in [1.165, 1.54) is 16.5 Å². The number of benzene rings is 1. The Bertz CT molecular complexity index is 553. The molecule has 1 nitrogen and oxygen atoms in total. The third-order valence-electron chi connectivity index (χ3n) is 3.10. The minimum atomic E-state index is -0.214. The summed E-state index contributed by atoms with van der Waals surface area (Å²) in [6.07, 6.45) is 1.05. The molecule has 1 aromatic carbocycles. The van der Waals surface area contributed by atoms with Crippen molar-refractivity contribution in [3.8, 4) is 0 Å². The molecule has 0 amide bonds. The molecule has 1 heterocycles. The lowest BCUT2D eigenvalue weighted by Gasteiger charge is -2.21. The first-order valence-corrected chi connectivity index (χ1v) is 8.03. The molecule has 0 saturated heterocycles. The highest BCUT2D eigenvalue weighted by molar-refractivity contribution is 9.10. The highest BCUT2D eigenvalue weighted by Gasteiger charge is 2.20. The summed E-state index contributed by atoms with van der Waals surface area (Å²) >= 11 is 5.09. The molecule has 0 radical (unpaired) electrons. The van der Waals surface area contributed by atoms with Crippen molar-refractivity contribution in [1.82, 2.24) is 5.32 Å². The van der Waals surface area contributed by atoms with Gasteiger partial charge >= 0.3 is 0 Å². The fourth-order valence-corrected chi connectivity index (χ4v) is 3.35. The SMILES string of the molecule is CCCNC(c1ccsc1C)c1cccc(F)c1Br. The van der Waals surface area contributed by atoms with Gasteiger partial charge in [-0.25, -0.2) is 4.39 Å². The summed E-state index contributed by atoms with van der Waals surface area (Å²) < 4.78 is 14.3. The van der Waals surface area contributed by atoms with E-state index in [1.807, 2.05) is 6.07 Å². The highest BCUT2D eigenvalue weighted by atomic mass is 79.9. The Balaban J connectivity index is 2.43. The molecule has 1 N–H and O–H groups in total. The van der Waals surface area contributed by atoms with Crippen molar-refractivity contribution in [2.24, 2.45) is 0 Å². The van der Waals surface area contributed by atoms with Crippen LogP contribution >= 0.6 is 27.3 Å². The number of hydrogen-bond donors (Lipinski definition) is 1. The average Bonchev–Trinajstić information content (AvgIpc) is 2.81. The Morgan fingerprint density at radius 3 is 2.74 bits per heavy atom. The smallest absolute Gasteiger partial charge is 0.137 e. The third kappa shape index (κ3) is 3.25. The minimum absolute atomic E-state index is 0.0382. The van der Waals surface area contributed by atoms with Gasteiger partial charge in [-0.15, -0.1) is 11.3 Å². The third-order valence-corrected chi connectivity index (χ3v) is 4.80. The number of rotatable bonds is 5. The molecule has 0 aliphatic heterocycles. The first-order valence-electron chi connectivity index (χ1n) is 6.36. The minimum Gasteiger partial charge on any atom is -0.306 e. The van der Waals surface area contributed by atoms with Gasteiger partial charge in [0.25, 0.3) is 0 Å². The van der Waals surface area contributed by atoms with Crippen LogP contribution in [0.5, 0.6) is 0 Å². The summed E-state index contributed by atoms with van der Waals surface area (Å²) in [5, 5.41) is 5.59. The lowest BCUT2D eigenvalue weighted by Crippen LogP contribution is -2.23. The van der Waals surface area contributed by atoms with Gasteiger partial charge in [0.1, 0.15) is 5.82 Å². The Morgan fingerprint density at radius 2 is 2.11 bits per heavy atom. The zero-order chi connectivity index (χ0) is 13.8. The van der Waals surface area contributed by atoms with Crippen molar-refractivity contribution in [2.75, 3.05) is 6.54 Å². The van der Waals surface area contributed by atoms with Gasteiger partial charge in [0.15, 0.2) is 0 Å². The molecule has 0 aliphatic carbocycles. The van der Waals surface area contributed by atoms with Crippen LogP contribution in [0.1, 0.15) is 35.4 Å². The van der Waals surface area contributed by atoms with Crippen molar-refractivity contribution in [2.45, 2.75) is 26.3 Å². The van der Waals surface area contributed by atoms with Crippen LogP contribution < -0.4 is 5.32 Å². The zero-order valence-electron chi connectivity index (χ0n) is 11.0. The molecule has 0 spiro atoms. The maximum absolute atomic E-state index is 13.7. The number of thiophene rings is 1. The van der Waals surface area contributed by atoms with Crippen LogP contribution in [0, 0.1) is 12.7 Å². The van der Waals surface area contributed by atoms with Crippen molar-refractivity contribution in [3.63, 3.8) is 0 Å². The van der Waals surface area contributed by atoms with Crippen LogP contribution in [0.25, 0.3) is 0 Å². The molecule has 2 aromatic rings. The largest absolute Gasteiger partial charge is 0.306 e. The predicted molar refractivity (Wildman–Crippen MR) is 83.3 cm³/mol. The number of nitrogens with one attached hydrogen (secondary N) is 1. The molecular weight excluding hydrogens is 325 g/mol. The monoisotopic (exact) mass is 341 g/mol. The van der Waals surface area contributed by atoms with Gasteiger partial charge < -0.3 is 5.32 Å². The molecule has 1 unspecified atom stereocenters. The van der Waals surface area contributed by atoms with E-state index < -0.39 is 0 Å². The lowest BCUT2D eigenvalue weighted by atomic mass is 9.99. The van der Waals surface area contributed by atoms with Gasteiger partial charge in [0.2, 0.25) is 0 Å². The predicted octanol–water partition coefficient (Wildman–Crippen LogP) is 5.05. The van der Waals surface area contributed by atoms with Crippen LogP contribution in [0.2, 0.25) is 0 Å². The summed E-state index contributed by atoms with van der Waals surface area (Å²) in [6.45, 7) is 5.14. The van der Waals surface area contributed by atoms with Gasteiger partial charge in [-0.1, -0.05) is 19.1 Å². The Kier molecular flexibility index (Phi) is 5.13. The number of aryl methyl sites for hydroxylation is 1. The second-order valence-electron chi connectivity index (χ2n) is 4.46. The van der Waals surface area contributed by atoms with Gasteiger partial charge in [-0.2, -0.15) is 0 Å². The molecule has 0 fully saturated rings. The van der Waals surface area contributed by atoms with Crippen molar-refractivity contribution in [1.29, 1.82) is 0 Å². The van der Waals surface area contributed by atoms with E-state index in [-0.39, 0.29) is 11.9 Å². The molecule has 0 bridgehead atoms. The highest BCUT2D eigenvalue weighted by Crippen LogP contribution is 2.33. The molecular formula is C15H17BrFNS. The van der Waals surface area contributed by atoms with Crippen molar-refractivity contribution >= 4 is 27.3 Å². The summed E-state index contributed by atoms with van der Waals surface area (Å²) in [6, 6.07) is 7.36. The van der Waals surface area contributed by atoms with E-state index >= 15 is 0 Å². The van der Waals surface area contributed by atoms with Crippen LogP contribution in [-0.2, 0) is 0 Å². The first kappa shape index (κ1) is 14.7. The first-order chi connectivity index (χ1) is 9.15. The summed E-state index contributed by atoms with van der Waals surface area (Å²) in [7, 11) is 0. The van der Waals surface area contributed by atoms with Crippen LogP contribution in [0.3, 0.4) is 0 Å². The quantitative estimate of drug-likeness (QED) is 0.802. The summed E-state index contributed by atoms with van der Waals surface area (Å²) in [5.74, 6) is -0.214. The van der Waals surface area contributed by atoms with Gasteiger partial charge in [-0.05, 0) is 64.5 Å². The summed E-state index contributed by atoms with van der Waals surface area (Å²) in [4.78, 5) is 1.27. The van der Waals surface area contributed by atoms with Gasteiger partial charge in [0.05, 0.1) is 10.5 Å². The van der Waals surface area contributed by atoms with E-state index in [9.17, 15) is 4.39 Å².